The third kappa shape index (κ3) is 2.33. The molecule has 0 N–H and O–H groups in total. The van der Waals surface area contributed by atoms with E-state index < -0.39 is 5.82 Å². The van der Waals surface area contributed by atoms with Crippen LogP contribution < -0.4 is 4.74 Å². The van der Waals surface area contributed by atoms with Crippen LogP contribution in [0.3, 0.4) is 0 Å². The standard InChI is InChI=1S/C11H7BrFNO/c12-8-4-3-7-14-11(8)15-10-6-2-1-5-9(10)13/h1-7H. The zero-order chi connectivity index (χ0) is 10.7. The molecule has 0 aliphatic heterocycles. The molecule has 15 heavy (non-hydrogen) atoms. The number of para-hydroxylation sites is 1. The van der Waals surface area contributed by atoms with Crippen LogP contribution in [-0.2, 0) is 0 Å². The molecule has 0 saturated carbocycles. The van der Waals surface area contributed by atoms with Gasteiger partial charge in [-0.25, -0.2) is 9.37 Å². The lowest BCUT2D eigenvalue weighted by molar-refractivity contribution is 0.425. The van der Waals surface area contributed by atoms with Crippen LogP contribution in [0.2, 0.25) is 0 Å². The molecule has 0 bridgehead atoms. The summed E-state index contributed by atoms with van der Waals surface area (Å²) in [6, 6.07) is 9.75. The van der Waals surface area contributed by atoms with E-state index in [0.717, 1.165) is 0 Å². The first-order valence-electron chi connectivity index (χ1n) is 4.30. The summed E-state index contributed by atoms with van der Waals surface area (Å²) in [4.78, 5) is 3.98. The summed E-state index contributed by atoms with van der Waals surface area (Å²) in [6.07, 6.45) is 1.58. The van der Waals surface area contributed by atoms with Gasteiger partial charge < -0.3 is 4.74 Å². The fourth-order valence-corrected chi connectivity index (χ4v) is 1.41. The highest BCUT2D eigenvalue weighted by Crippen LogP contribution is 2.28. The van der Waals surface area contributed by atoms with Crippen molar-refractivity contribution in [2.45, 2.75) is 0 Å². The molecule has 0 aliphatic carbocycles. The van der Waals surface area contributed by atoms with E-state index in [9.17, 15) is 4.39 Å². The van der Waals surface area contributed by atoms with Gasteiger partial charge in [0.05, 0.1) is 4.47 Å². The third-order valence-corrected chi connectivity index (χ3v) is 2.37. The summed E-state index contributed by atoms with van der Waals surface area (Å²) in [6.45, 7) is 0. The molecule has 2 aromatic rings. The molecule has 0 unspecified atom stereocenters. The maximum Gasteiger partial charge on any atom is 0.233 e. The van der Waals surface area contributed by atoms with Crippen LogP contribution in [0.1, 0.15) is 0 Å². The van der Waals surface area contributed by atoms with Crippen LogP contribution in [0.25, 0.3) is 0 Å². The number of rotatable bonds is 2. The van der Waals surface area contributed by atoms with Crippen molar-refractivity contribution in [2.24, 2.45) is 0 Å². The molecule has 0 fully saturated rings. The summed E-state index contributed by atoms with van der Waals surface area (Å²) >= 11 is 3.27. The summed E-state index contributed by atoms with van der Waals surface area (Å²) in [5.74, 6) is 0.106. The monoisotopic (exact) mass is 267 g/mol. The average Bonchev–Trinajstić information content (AvgIpc) is 2.24. The average molecular weight is 268 g/mol. The highest BCUT2D eigenvalue weighted by Gasteiger charge is 2.06. The Hall–Kier alpha value is -1.42. The molecule has 0 spiro atoms. The first-order valence-corrected chi connectivity index (χ1v) is 5.09. The second-order valence-corrected chi connectivity index (χ2v) is 3.68. The predicted molar refractivity (Wildman–Crippen MR) is 58.4 cm³/mol. The fourth-order valence-electron chi connectivity index (χ4n) is 1.08. The normalized spacial score (nSPS) is 10.0. The van der Waals surface area contributed by atoms with Gasteiger partial charge in [0, 0.05) is 6.20 Å². The smallest absolute Gasteiger partial charge is 0.233 e. The van der Waals surface area contributed by atoms with Gasteiger partial charge in [-0.05, 0) is 40.2 Å². The number of benzene rings is 1. The Bertz CT molecular complexity index is 432. The van der Waals surface area contributed by atoms with Crippen molar-refractivity contribution in [2.75, 3.05) is 0 Å². The van der Waals surface area contributed by atoms with Crippen molar-refractivity contribution in [3.05, 3.63) is 52.9 Å². The zero-order valence-electron chi connectivity index (χ0n) is 7.65. The van der Waals surface area contributed by atoms with Gasteiger partial charge in [-0.2, -0.15) is 0 Å². The summed E-state index contributed by atoms with van der Waals surface area (Å²) in [5.41, 5.74) is 0. The van der Waals surface area contributed by atoms with Crippen LogP contribution in [-0.4, -0.2) is 4.98 Å². The highest BCUT2D eigenvalue weighted by atomic mass is 79.9. The van der Waals surface area contributed by atoms with E-state index >= 15 is 0 Å². The summed E-state index contributed by atoms with van der Waals surface area (Å²) in [5, 5.41) is 0. The van der Waals surface area contributed by atoms with Gasteiger partial charge >= 0.3 is 0 Å². The lowest BCUT2D eigenvalue weighted by Gasteiger charge is -2.06. The van der Waals surface area contributed by atoms with Crippen molar-refractivity contribution in [3.63, 3.8) is 0 Å². The van der Waals surface area contributed by atoms with Gasteiger partial charge in [0.1, 0.15) is 0 Å². The quantitative estimate of drug-likeness (QED) is 0.826. The number of nitrogens with zero attached hydrogens (tertiary/aromatic N) is 1. The summed E-state index contributed by atoms with van der Waals surface area (Å²) in [7, 11) is 0. The Kier molecular flexibility index (Phi) is 2.97. The minimum absolute atomic E-state index is 0.164. The van der Waals surface area contributed by atoms with Crippen LogP contribution in [0.5, 0.6) is 11.6 Å². The largest absolute Gasteiger partial charge is 0.435 e. The highest BCUT2D eigenvalue weighted by molar-refractivity contribution is 9.10. The van der Waals surface area contributed by atoms with Gasteiger partial charge in [0.2, 0.25) is 5.88 Å². The van der Waals surface area contributed by atoms with Gasteiger partial charge in [-0.15, -0.1) is 0 Å². The number of pyridine rings is 1. The lowest BCUT2D eigenvalue weighted by atomic mass is 10.3. The van der Waals surface area contributed by atoms with E-state index in [0.29, 0.717) is 10.4 Å². The van der Waals surface area contributed by atoms with Crippen molar-refractivity contribution in [3.8, 4) is 11.6 Å². The molecule has 0 saturated heterocycles. The zero-order valence-corrected chi connectivity index (χ0v) is 9.24. The third-order valence-electron chi connectivity index (χ3n) is 1.77. The molecule has 0 atom stereocenters. The van der Waals surface area contributed by atoms with E-state index in [1.165, 1.54) is 6.07 Å². The van der Waals surface area contributed by atoms with Crippen LogP contribution in [0.15, 0.2) is 47.1 Å². The van der Waals surface area contributed by atoms with Crippen molar-refractivity contribution in [1.29, 1.82) is 0 Å². The van der Waals surface area contributed by atoms with Gasteiger partial charge in [-0.1, -0.05) is 12.1 Å². The van der Waals surface area contributed by atoms with E-state index in [4.69, 9.17) is 4.74 Å². The predicted octanol–water partition coefficient (Wildman–Crippen LogP) is 3.78. The van der Waals surface area contributed by atoms with E-state index in [1.807, 2.05) is 0 Å². The molecule has 0 radical (unpaired) electrons. The van der Waals surface area contributed by atoms with Gasteiger partial charge in [0.15, 0.2) is 11.6 Å². The molecule has 1 aromatic carbocycles. The second-order valence-electron chi connectivity index (χ2n) is 2.82. The first-order chi connectivity index (χ1) is 7.27. The Balaban J connectivity index is 2.30. The molecule has 1 heterocycles. The van der Waals surface area contributed by atoms with E-state index in [2.05, 4.69) is 20.9 Å². The summed E-state index contributed by atoms with van der Waals surface area (Å²) < 4.78 is 19.2. The Morgan fingerprint density at radius 3 is 2.67 bits per heavy atom. The fraction of sp³-hybridized carbons (Fsp3) is 0. The molecule has 2 nitrogen and oxygen atoms in total. The molecular formula is C11H7BrFNO. The number of ether oxygens (including phenoxy) is 1. The van der Waals surface area contributed by atoms with Crippen LogP contribution in [0.4, 0.5) is 4.39 Å². The molecule has 76 valence electrons. The number of aromatic nitrogens is 1. The second kappa shape index (κ2) is 4.40. The molecular weight excluding hydrogens is 261 g/mol. The van der Waals surface area contributed by atoms with Crippen molar-refractivity contribution in [1.82, 2.24) is 4.98 Å². The molecule has 0 amide bonds. The van der Waals surface area contributed by atoms with E-state index in [-0.39, 0.29) is 5.75 Å². The van der Waals surface area contributed by atoms with Gasteiger partial charge in [-0.3, -0.25) is 0 Å². The molecule has 2 rings (SSSR count). The number of hydrogen-bond donors (Lipinski definition) is 0. The van der Waals surface area contributed by atoms with Crippen molar-refractivity contribution >= 4 is 15.9 Å². The minimum atomic E-state index is -0.407. The van der Waals surface area contributed by atoms with Crippen molar-refractivity contribution < 1.29 is 9.13 Å². The topological polar surface area (TPSA) is 22.1 Å². The lowest BCUT2D eigenvalue weighted by Crippen LogP contribution is -1.90. The minimum Gasteiger partial charge on any atom is -0.435 e. The molecule has 4 heteroatoms. The van der Waals surface area contributed by atoms with Crippen LogP contribution in [0, 0.1) is 5.82 Å². The maximum absolute atomic E-state index is 13.2. The van der Waals surface area contributed by atoms with Crippen LogP contribution >= 0.6 is 15.9 Å². The molecule has 0 aliphatic rings. The number of halogens is 2. The Morgan fingerprint density at radius 2 is 1.93 bits per heavy atom. The van der Waals surface area contributed by atoms with E-state index in [1.54, 1.807) is 36.5 Å². The van der Waals surface area contributed by atoms with Gasteiger partial charge in [0.25, 0.3) is 0 Å². The Morgan fingerprint density at radius 1 is 1.13 bits per heavy atom. The first kappa shape index (κ1) is 10.1. The number of hydrogen-bond acceptors (Lipinski definition) is 2. The Labute approximate surface area is 94.9 Å². The SMILES string of the molecule is Fc1ccccc1Oc1ncccc1Br. The maximum atomic E-state index is 13.2. The molecule has 1 aromatic heterocycles.